The van der Waals surface area contributed by atoms with E-state index in [1.165, 1.54) is 16.4 Å². The first-order valence-electron chi connectivity index (χ1n) is 10.5. The highest BCUT2D eigenvalue weighted by atomic mass is 35.5. The topological polar surface area (TPSA) is 92.8 Å². The summed E-state index contributed by atoms with van der Waals surface area (Å²) in [5, 5.41) is 3.00. The standard InChI is InChI=1S/C23H27ClN2O5S/c1-3-31-23(28)20-9-8-19(14-21(20)24)25-22(27)18-10-12-26(13-11-18)32(29,30)15-17-6-4-16(2)5-7-17/h4-9,14,18H,3,10-13,15H2,1-2H3,(H,25,27). The van der Waals surface area contributed by atoms with Gasteiger partial charge in [0.05, 0.1) is 22.9 Å². The number of rotatable bonds is 7. The number of halogens is 1. The Kier molecular flexibility index (Phi) is 7.92. The number of hydrogen-bond donors (Lipinski definition) is 1. The molecule has 1 aliphatic heterocycles. The molecule has 1 aliphatic rings. The van der Waals surface area contributed by atoms with Crippen molar-refractivity contribution in [1.29, 1.82) is 0 Å². The lowest BCUT2D eigenvalue weighted by Crippen LogP contribution is -2.41. The number of carbonyl (C=O) groups excluding carboxylic acids is 2. The summed E-state index contributed by atoms with van der Waals surface area (Å²) >= 11 is 6.15. The Hall–Kier alpha value is -2.42. The smallest absolute Gasteiger partial charge is 0.339 e. The summed E-state index contributed by atoms with van der Waals surface area (Å²) in [5.41, 5.74) is 2.54. The molecule has 1 fully saturated rings. The van der Waals surface area contributed by atoms with E-state index in [0.29, 0.717) is 31.6 Å². The van der Waals surface area contributed by atoms with Gasteiger partial charge in [0.1, 0.15) is 0 Å². The summed E-state index contributed by atoms with van der Waals surface area (Å²) in [6.45, 7) is 4.51. The van der Waals surface area contributed by atoms with E-state index in [-0.39, 0.29) is 34.8 Å². The van der Waals surface area contributed by atoms with Gasteiger partial charge in [0.15, 0.2) is 0 Å². The van der Waals surface area contributed by atoms with Crippen molar-refractivity contribution in [3.05, 3.63) is 64.2 Å². The molecule has 2 aromatic rings. The lowest BCUT2D eigenvalue weighted by Gasteiger charge is -2.30. The third-order valence-corrected chi connectivity index (χ3v) is 7.58. The number of amides is 1. The van der Waals surface area contributed by atoms with Crippen LogP contribution in [0.2, 0.25) is 5.02 Å². The van der Waals surface area contributed by atoms with Gasteiger partial charge in [0.2, 0.25) is 15.9 Å². The van der Waals surface area contributed by atoms with Gasteiger partial charge in [-0.25, -0.2) is 17.5 Å². The van der Waals surface area contributed by atoms with Crippen LogP contribution in [0.15, 0.2) is 42.5 Å². The van der Waals surface area contributed by atoms with Gasteiger partial charge in [-0.05, 0) is 50.5 Å². The van der Waals surface area contributed by atoms with Gasteiger partial charge in [-0.3, -0.25) is 4.79 Å². The molecule has 3 rings (SSSR count). The Labute approximate surface area is 193 Å². The number of esters is 1. The van der Waals surface area contributed by atoms with E-state index in [1.54, 1.807) is 13.0 Å². The number of nitrogens with one attached hydrogen (secondary N) is 1. The zero-order chi connectivity index (χ0) is 23.3. The van der Waals surface area contributed by atoms with Crippen LogP contribution in [0.1, 0.15) is 41.3 Å². The fourth-order valence-electron chi connectivity index (χ4n) is 3.59. The fourth-order valence-corrected chi connectivity index (χ4v) is 5.42. The molecule has 172 valence electrons. The first kappa shape index (κ1) is 24.2. The van der Waals surface area contributed by atoms with Gasteiger partial charge in [-0.15, -0.1) is 0 Å². The van der Waals surface area contributed by atoms with Crippen LogP contribution in [-0.2, 0) is 25.3 Å². The normalized spacial score (nSPS) is 15.3. The van der Waals surface area contributed by atoms with Gasteiger partial charge < -0.3 is 10.1 Å². The predicted molar refractivity (Wildman–Crippen MR) is 124 cm³/mol. The molecule has 0 spiro atoms. The van der Waals surface area contributed by atoms with E-state index in [0.717, 1.165) is 11.1 Å². The molecule has 0 radical (unpaired) electrons. The zero-order valence-corrected chi connectivity index (χ0v) is 19.7. The minimum Gasteiger partial charge on any atom is -0.462 e. The van der Waals surface area contributed by atoms with Gasteiger partial charge in [-0.2, -0.15) is 0 Å². The summed E-state index contributed by atoms with van der Waals surface area (Å²) in [4.78, 5) is 24.5. The van der Waals surface area contributed by atoms with E-state index in [4.69, 9.17) is 16.3 Å². The Morgan fingerprint density at radius 1 is 1.12 bits per heavy atom. The number of aryl methyl sites for hydroxylation is 1. The fraction of sp³-hybridized carbons (Fsp3) is 0.391. The molecule has 0 bridgehead atoms. The first-order chi connectivity index (χ1) is 15.2. The summed E-state index contributed by atoms with van der Waals surface area (Å²) in [7, 11) is -3.44. The molecule has 1 amide bonds. The van der Waals surface area contributed by atoms with Crippen LogP contribution in [0.4, 0.5) is 5.69 Å². The van der Waals surface area contributed by atoms with Crippen LogP contribution in [0, 0.1) is 12.8 Å². The quantitative estimate of drug-likeness (QED) is 0.607. The minimum atomic E-state index is -3.44. The number of anilines is 1. The second kappa shape index (κ2) is 10.5. The summed E-state index contributed by atoms with van der Waals surface area (Å²) in [6, 6.07) is 12.1. The van der Waals surface area contributed by atoms with Gasteiger partial charge in [0, 0.05) is 24.7 Å². The summed E-state index contributed by atoms with van der Waals surface area (Å²) in [5.74, 6) is -1.06. The average molecular weight is 479 g/mol. The third-order valence-electron chi connectivity index (χ3n) is 5.42. The molecule has 0 unspecified atom stereocenters. The van der Waals surface area contributed by atoms with Crippen molar-refractivity contribution in [3.63, 3.8) is 0 Å². The molecular formula is C23H27ClN2O5S. The maximum atomic E-state index is 12.8. The third kappa shape index (κ3) is 6.09. The highest BCUT2D eigenvalue weighted by Gasteiger charge is 2.31. The number of ether oxygens (including phenoxy) is 1. The number of sulfonamides is 1. The number of nitrogens with zero attached hydrogens (tertiary/aromatic N) is 1. The van der Waals surface area contributed by atoms with E-state index in [2.05, 4.69) is 5.32 Å². The summed E-state index contributed by atoms with van der Waals surface area (Å²) < 4.78 is 31.9. The molecule has 7 nitrogen and oxygen atoms in total. The molecule has 9 heteroatoms. The Bertz CT molecular complexity index is 1080. The number of benzene rings is 2. The van der Waals surface area contributed by atoms with Crippen LogP contribution in [0.5, 0.6) is 0 Å². The van der Waals surface area contributed by atoms with Crippen molar-refractivity contribution in [2.24, 2.45) is 5.92 Å². The second-order valence-electron chi connectivity index (χ2n) is 7.82. The van der Waals surface area contributed by atoms with Crippen molar-refractivity contribution in [2.45, 2.75) is 32.4 Å². The van der Waals surface area contributed by atoms with Crippen LogP contribution in [0.3, 0.4) is 0 Å². The van der Waals surface area contributed by atoms with Gasteiger partial charge in [-0.1, -0.05) is 41.4 Å². The largest absolute Gasteiger partial charge is 0.462 e. The van der Waals surface area contributed by atoms with Crippen LogP contribution < -0.4 is 5.32 Å². The Morgan fingerprint density at radius 3 is 2.38 bits per heavy atom. The zero-order valence-electron chi connectivity index (χ0n) is 18.1. The molecule has 32 heavy (non-hydrogen) atoms. The lowest BCUT2D eigenvalue weighted by atomic mass is 9.97. The Balaban J connectivity index is 1.55. The molecule has 2 aromatic carbocycles. The molecule has 0 aliphatic carbocycles. The van der Waals surface area contributed by atoms with E-state index >= 15 is 0 Å². The number of carbonyl (C=O) groups is 2. The SMILES string of the molecule is CCOC(=O)c1ccc(NC(=O)C2CCN(S(=O)(=O)Cc3ccc(C)cc3)CC2)cc1Cl. The number of hydrogen-bond acceptors (Lipinski definition) is 5. The molecule has 0 aromatic heterocycles. The molecule has 0 saturated carbocycles. The molecule has 0 atom stereocenters. The van der Waals surface area contributed by atoms with Gasteiger partial charge >= 0.3 is 5.97 Å². The van der Waals surface area contributed by atoms with Crippen molar-refractivity contribution in [3.8, 4) is 0 Å². The highest BCUT2D eigenvalue weighted by molar-refractivity contribution is 7.88. The average Bonchev–Trinajstić information content (AvgIpc) is 2.75. The maximum Gasteiger partial charge on any atom is 0.339 e. The van der Waals surface area contributed by atoms with Crippen LogP contribution >= 0.6 is 11.6 Å². The first-order valence-corrected chi connectivity index (χ1v) is 12.5. The van der Waals surface area contributed by atoms with E-state index < -0.39 is 16.0 Å². The van der Waals surface area contributed by atoms with Crippen molar-refractivity contribution in [1.82, 2.24) is 4.31 Å². The van der Waals surface area contributed by atoms with E-state index in [1.807, 2.05) is 31.2 Å². The van der Waals surface area contributed by atoms with E-state index in [9.17, 15) is 18.0 Å². The van der Waals surface area contributed by atoms with Gasteiger partial charge in [0.25, 0.3) is 0 Å². The summed E-state index contributed by atoms with van der Waals surface area (Å²) in [6.07, 6.45) is 0.876. The Morgan fingerprint density at radius 2 is 1.78 bits per heavy atom. The predicted octanol–water partition coefficient (Wildman–Crippen LogP) is 4.01. The monoisotopic (exact) mass is 478 g/mol. The minimum absolute atomic E-state index is 0.0462. The molecule has 1 N–H and O–H groups in total. The van der Waals surface area contributed by atoms with Crippen LogP contribution in [0.25, 0.3) is 0 Å². The van der Waals surface area contributed by atoms with Crippen molar-refractivity contribution >= 4 is 39.2 Å². The van der Waals surface area contributed by atoms with Crippen molar-refractivity contribution < 1.29 is 22.7 Å². The maximum absolute atomic E-state index is 12.8. The molecular weight excluding hydrogens is 452 g/mol. The molecule has 1 saturated heterocycles. The lowest BCUT2D eigenvalue weighted by molar-refractivity contribution is -0.120. The van der Waals surface area contributed by atoms with Crippen LogP contribution in [-0.4, -0.2) is 44.3 Å². The molecule has 1 heterocycles. The second-order valence-corrected chi connectivity index (χ2v) is 10.2. The highest BCUT2D eigenvalue weighted by Crippen LogP contribution is 2.25. The number of piperidine rings is 1. The van der Waals surface area contributed by atoms with Crippen molar-refractivity contribution in [2.75, 3.05) is 25.0 Å².